The van der Waals surface area contributed by atoms with Crippen LogP contribution in [0.15, 0.2) is 12.1 Å². The van der Waals surface area contributed by atoms with Gasteiger partial charge in [-0.05, 0) is 24.6 Å². The lowest BCUT2D eigenvalue weighted by Gasteiger charge is -2.08. The molecule has 0 aliphatic rings. The van der Waals surface area contributed by atoms with Crippen LogP contribution in [0.25, 0.3) is 0 Å². The lowest BCUT2D eigenvalue weighted by Crippen LogP contribution is -2.06. The monoisotopic (exact) mass is 230 g/mol. The SMILES string of the molecule is CC(=O)Oc1cc(F)cc(C(=O)Cl)c1C. The molecule has 0 atom stereocenters. The van der Waals surface area contributed by atoms with Crippen molar-refractivity contribution >= 4 is 22.8 Å². The Morgan fingerprint density at radius 2 is 2.00 bits per heavy atom. The molecule has 0 aliphatic heterocycles. The van der Waals surface area contributed by atoms with Crippen LogP contribution in [-0.2, 0) is 4.79 Å². The molecule has 0 heterocycles. The lowest BCUT2D eigenvalue weighted by atomic mass is 10.1. The number of rotatable bonds is 2. The van der Waals surface area contributed by atoms with Crippen molar-refractivity contribution in [2.24, 2.45) is 0 Å². The van der Waals surface area contributed by atoms with E-state index in [1.165, 1.54) is 13.8 Å². The fourth-order valence-corrected chi connectivity index (χ4v) is 1.32. The molecule has 0 fully saturated rings. The molecule has 0 aliphatic carbocycles. The van der Waals surface area contributed by atoms with Gasteiger partial charge in [0.2, 0.25) is 0 Å². The molecule has 0 saturated heterocycles. The van der Waals surface area contributed by atoms with Gasteiger partial charge in [0.05, 0.1) is 0 Å². The fraction of sp³-hybridized carbons (Fsp3) is 0.200. The van der Waals surface area contributed by atoms with Crippen molar-refractivity contribution in [2.45, 2.75) is 13.8 Å². The number of esters is 1. The van der Waals surface area contributed by atoms with Crippen molar-refractivity contribution in [3.8, 4) is 5.75 Å². The van der Waals surface area contributed by atoms with Crippen LogP contribution in [-0.4, -0.2) is 11.2 Å². The highest BCUT2D eigenvalue weighted by Gasteiger charge is 2.14. The third kappa shape index (κ3) is 2.76. The van der Waals surface area contributed by atoms with Crippen LogP contribution in [0.4, 0.5) is 4.39 Å². The zero-order valence-electron chi connectivity index (χ0n) is 8.14. The summed E-state index contributed by atoms with van der Waals surface area (Å²) in [5.41, 5.74) is 0.333. The summed E-state index contributed by atoms with van der Waals surface area (Å²) in [7, 11) is 0. The second kappa shape index (κ2) is 4.40. The predicted octanol–water partition coefficient (Wildman–Crippen LogP) is 2.44. The summed E-state index contributed by atoms with van der Waals surface area (Å²) in [4.78, 5) is 21.6. The molecule has 15 heavy (non-hydrogen) atoms. The predicted molar refractivity (Wildman–Crippen MR) is 52.6 cm³/mol. The molecule has 0 radical (unpaired) electrons. The summed E-state index contributed by atoms with van der Waals surface area (Å²) in [5.74, 6) is -1.26. The second-order valence-electron chi connectivity index (χ2n) is 2.94. The molecule has 5 heteroatoms. The van der Waals surface area contributed by atoms with Crippen molar-refractivity contribution in [1.29, 1.82) is 0 Å². The smallest absolute Gasteiger partial charge is 0.308 e. The molecule has 1 aromatic carbocycles. The largest absolute Gasteiger partial charge is 0.426 e. The van der Waals surface area contributed by atoms with Crippen molar-refractivity contribution in [2.75, 3.05) is 0 Å². The molecule has 0 N–H and O–H groups in total. The number of benzene rings is 1. The topological polar surface area (TPSA) is 43.4 Å². The third-order valence-corrected chi connectivity index (χ3v) is 1.99. The van der Waals surface area contributed by atoms with E-state index in [0.29, 0.717) is 5.56 Å². The van der Waals surface area contributed by atoms with Gasteiger partial charge in [-0.25, -0.2) is 4.39 Å². The van der Waals surface area contributed by atoms with Crippen LogP contribution in [0.1, 0.15) is 22.8 Å². The number of carbonyl (C=O) groups excluding carboxylic acids is 2. The summed E-state index contributed by atoms with van der Waals surface area (Å²) < 4.78 is 17.7. The number of ether oxygens (including phenoxy) is 1. The van der Waals surface area contributed by atoms with E-state index in [0.717, 1.165) is 12.1 Å². The van der Waals surface area contributed by atoms with Gasteiger partial charge in [0.15, 0.2) is 0 Å². The highest BCUT2D eigenvalue weighted by molar-refractivity contribution is 6.67. The first-order valence-electron chi connectivity index (χ1n) is 4.10. The maximum atomic E-state index is 13.0. The zero-order valence-corrected chi connectivity index (χ0v) is 8.89. The summed E-state index contributed by atoms with van der Waals surface area (Å²) in [5, 5.41) is -0.791. The van der Waals surface area contributed by atoms with Gasteiger partial charge in [-0.1, -0.05) is 0 Å². The van der Waals surface area contributed by atoms with Crippen molar-refractivity contribution in [3.63, 3.8) is 0 Å². The minimum Gasteiger partial charge on any atom is -0.426 e. The van der Waals surface area contributed by atoms with E-state index < -0.39 is 17.0 Å². The number of hydrogen-bond donors (Lipinski definition) is 0. The molecule has 0 bridgehead atoms. The van der Waals surface area contributed by atoms with Crippen molar-refractivity contribution < 1.29 is 18.7 Å². The first-order valence-corrected chi connectivity index (χ1v) is 4.48. The van der Waals surface area contributed by atoms with Gasteiger partial charge in [0.1, 0.15) is 11.6 Å². The van der Waals surface area contributed by atoms with Crippen LogP contribution in [0, 0.1) is 12.7 Å². The minimum atomic E-state index is -0.791. The Kier molecular flexibility index (Phi) is 3.42. The average Bonchev–Trinajstić information content (AvgIpc) is 2.09. The maximum Gasteiger partial charge on any atom is 0.308 e. The van der Waals surface area contributed by atoms with Crippen molar-refractivity contribution in [1.82, 2.24) is 0 Å². The Hall–Kier alpha value is -1.42. The van der Waals surface area contributed by atoms with Crippen LogP contribution in [0.5, 0.6) is 5.75 Å². The Labute approximate surface area is 90.8 Å². The van der Waals surface area contributed by atoms with Gasteiger partial charge in [-0.3, -0.25) is 9.59 Å². The standard InChI is InChI=1S/C10H8ClFO3/c1-5-8(10(11)14)3-7(12)4-9(5)15-6(2)13/h3-4H,1-2H3. The molecule has 0 spiro atoms. The number of hydrogen-bond acceptors (Lipinski definition) is 3. The molecule has 0 aromatic heterocycles. The van der Waals surface area contributed by atoms with Gasteiger partial charge in [0.25, 0.3) is 5.24 Å². The van der Waals surface area contributed by atoms with E-state index in [1.54, 1.807) is 0 Å². The number of halogens is 2. The van der Waals surface area contributed by atoms with E-state index in [9.17, 15) is 14.0 Å². The molecule has 1 aromatic rings. The first kappa shape index (κ1) is 11.7. The number of carbonyl (C=O) groups is 2. The van der Waals surface area contributed by atoms with Gasteiger partial charge in [-0.15, -0.1) is 0 Å². The van der Waals surface area contributed by atoms with E-state index in [-0.39, 0.29) is 11.3 Å². The normalized spacial score (nSPS) is 9.87. The van der Waals surface area contributed by atoms with Crippen LogP contribution >= 0.6 is 11.6 Å². The quantitative estimate of drug-likeness (QED) is 0.445. The van der Waals surface area contributed by atoms with Gasteiger partial charge < -0.3 is 4.74 Å². The summed E-state index contributed by atoms with van der Waals surface area (Å²) in [6.45, 7) is 2.71. The molecule has 0 saturated carbocycles. The summed E-state index contributed by atoms with van der Waals surface area (Å²) in [6, 6.07) is 2.03. The third-order valence-electron chi connectivity index (χ3n) is 1.79. The molecule has 80 valence electrons. The van der Waals surface area contributed by atoms with Crippen LogP contribution in [0.3, 0.4) is 0 Å². The Morgan fingerprint density at radius 3 is 2.47 bits per heavy atom. The molecule has 3 nitrogen and oxygen atoms in total. The molecular weight excluding hydrogens is 223 g/mol. The van der Waals surface area contributed by atoms with E-state index in [1.807, 2.05) is 0 Å². The summed E-state index contributed by atoms with van der Waals surface area (Å²) in [6.07, 6.45) is 0. The van der Waals surface area contributed by atoms with E-state index >= 15 is 0 Å². The first-order chi connectivity index (χ1) is 6.91. The van der Waals surface area contributed by atoms with Gasteiger partial charge >= 0.3 is 5.97 Å². The highest BCUT2D eigenvalue weighted by atomic mass is 35.5. The minimum absolute atomic E-state index is 0.00602. The maximum absolute atomic E-state index is 13.0. The summed E-state index contributed by atoms with van der Waals surface area (Å²) >= 11 is 5.24. The molecule has 0 unspecified atom stereocenters. The Bertz CT molecular complexity index is 429. The molecule has 0 amide bonds. The Morgan fingerprint density at radius 1 is 1.40 bits per heavy atom. The van der Waals surface area contributed by atoms with Gasteiger partial charge in [-0.2, -0.15) is 0 Å². The van der Waals surface area contributed by atoms with E-state index in [2.05, 4.69) is 0 Å². The van der Waals surface area contributed by atoms with Crippen LogP contribution in [0.2, 0.25) is 0 Å². The lowest BCUT2D eigenvalue weighted by molar-refractivity contribution is -0.131. The second-order valence-corrected chi connectivity index (χ2v) is 3.29. The van der Waals surface area contributed by atoms with Crippen LogP contribution < -0.4 is 4.74 Å². The molecular formula is C10H8ClFO3. The molecule has 1 rings (SSSR count). The zero-order chi connectivity index (χ0) is 11.6. The fourth-order valence-electron chi connectivity index (χ4n) is 1.12. The van der Waals surface area contributed by atoms with Gasteiger partial charge in [0, 0.05) is 24.1 Å². The van der Waals surface area contributed by atoms with Crippen molar-refractivity contribution in [3.05, 3.63) is 29.1 Å². The average molecular weight is 231 g/mol. The Balaban J connectivity index is 3.28. The highest BCUT2D eigenvalue weighted by Crippen LogP contribution is 2.24. The van der Waals surface area contributed by atoms with E-state index in [4.69, 9.17) is 16.3 Å².